The topological polar surface area (TPSA) is 50.4 Å². The Balaban J connectivity index is 2.09. The first-order valence-electron chi connectivity index (χ1n) is 8.74. The highest BCUT2D eigenvalue weighted by Gasteiger charge is 2.12. The molecule has 0 saturated heterocycles. The number of hydrogen-bond donors (Lipinski definition) is 2. The minimum absolute atomic E-state index is 0.0733. The molecule has 0 saturated carbocycles. The Morgan fingerprint density at radius 3 is 2.50 bits per heavy atom. The van der Waals surface area contributed by atoms with Crippen LogP contribution in [-0.2, 0) is 4.74 Å². The van der Waals surface area contributed by atoms with Crippen LogP contribution >= 0.6 is 12.2 Å². The zero-order chi connectivity index (χ0) is 19.3. The number of anilines is 1. The van der Waals surface area contributed by atoms with Gasteiger partial charge in [0.2, 0.25) is 0 Å². The summed E-state index contributed by atoms with van der Waals surface area (Å²) in [5, 5.41) is 7.02. The number of rotatable bonds is 5. The van der Waals surface area contributed by atoms with E-state index in [-0.39, 0.29) is 12.0 Å². The molecule has 2 rings (SSSR count). The van der Waals surface area contributed by atoms with Crippen molar-refractivity contribution in [2.45, 2.75) is 40.7 Å². The van der Waals surface area contributed by atoms with Crippen molar-refractivity contribution in [2.75, 3.05) is 11.9 Å². The minimum atomic E-state index is -0.335. The van der Waals surface area contributed by atoms with E-state index in [0.29, 0.717) is 17.3 Å². The Morgan fingerprint density at radius 1 is 1.12 bits per heavy atom. The highest BCUT2D eigenvalue weighted by Crippen LogP contribution is 2.20. The van der Waals surface area contributed by atoms with E-state index in [1.54, 1.807) is 19.1 Å². The van der Waals surface area contributed by atoms with Gasteiger partial charge in [0.05, 0.1) is 18.2 Å². The predicted octanol–water partition coefficient (Wildman–Crippen LogP) is 4.84. The molecule has 5 heteroatoms. The van der Waals surface area contributed by atoms with Crippen LogP contribution in [-0.4, -0.2) is 17.7 Å². The minimum Gasteiger partial charge on any atom is -0.462 e. The lowest BCUT2D eigenvalue weighted by atomic mass is 10.0. The van der Waals surface area contributed by atoms with E-state index in [9.17, 15) is 4.79 Å². The number of nitrogens with one attached hydrogen (secondary N) is 2. The number of carbonyl (C=O) groups is 1. The molecule has 2 N–H and O–H groups in total. The van der Waals surface area contributed by atoms with Gasteiger partial charge in [-0.1, -0.05) is 29.8 Å². The van der Waals surface area contributed by atoms with Gasteiger partial charge in [-0.15, -0.1) is 0 Å². The van der Waals surface area contributed by atoms with Crippen molar-refractivity contribution in [3.05, 3.63) is 64.2 Å². The second kappa shape index (κ2) is 8.81. The third kappa shape index (κ3) is 5.05. The summed E-state index contributed by atoms with van der Waals surface area (Å²) in [7, 11) is 0. The van der Waals surface area contributed by atoms with Crippen molar-refractivity contribution in [2.24, 2.45) is 0 Å². The molecule has 26 heavy (non-hydrogen) atoms. The quantitative estimate of drug-likeness (QED) is 0.583. The van der Waals surface area contributed by atoms with E-state index >= 15 is 0 Å². The van der Waals surface area contributed by atoms with Gasteiger partial charge in [0.1, 0.15) is 0 Å². The van der Waals surface area contributed by atoms with Crippen LogP contribution in [0.4, 0.5) is 5.69 Å². The van der Waals surface area contributed by atoms with E-state index in [2.05, 4.69) is 49.6 Å². The molecule has 0 aromatic heterocycles. The zero-order valence-corrected chi connectivity index (χ0v) is 16.8. The normalized spacial score (nSPS) is 11.6. The summed E-state index contributed by atoms with van der Waals surface area (Å²) in [6.07, 6.45) is 0. The maximum Gasteiger partial charge on any atom is 0.338 e. The van der Waals surface area contributed by atoms with Gasteiger partial charge in [-0.3, -0.25) is 0 Å². The third-order valence-corrected chi connectivity index (χ3v) is 4.46. The van der Waals surface area contributed by atoms with Crippen LogP contribution in [0.2, 0.25) is 0 Å². The summed E-state index contributed by atoms with van der Waals surface area (Å²) in [5.41, 5.74) is 5.98. The second-order valence-corrected chi connectivity index (χ2v) is 6.84. The number of ether oxygens (including phenoxy) is 1. The highest BCUT2D eigenvalue weighted by molar-refractivity contribution is 7.80. The van der Waals surface area contributed by atoms with Gasteiger partial charge in [0, 0.05) is 5.69 Å². The SMILES string of the molecule is CCOC(=O)c1ccc(C)c(NC(=S)N[C@H](C)c2ccc(C)cc2C)c1. The highest BCUT2D eigenvalue weighted by atomic mass is 32.1. The van der Waals surface area contributed by atoms with Gasteiger partial charge >= 0.3 is 5.97 Å². The molecular formula is C21H26N2O2S. The predicted molar refractivity (Wildman–Crippen MR) is 111 cm³/mol. The van der Waals surface area contributed by atoms with Crippen LogP contribution in [0.5, 0.6) is 0 Å². The smallest absolute Gasteiger partial charge is 0.338 e. The Hall–Kier alpha value is -2.40. The number of hydrogen-bond acceptors (Lipinski definition) is 3. The molecule has 0 fully saturated rings. The molecule has 138 valence electrons. The first-order chi connectivity index (χ1) is 12.3. The summed E-state index contributed by atoms with van der Waals surface area (Å²) in [6, 6.07) is 11.9. The summed E-state index contributed by atoms with van der Waals surface area (Å²) >= 11 is 5.46. The second-order valence-electron chi connectivity index (χ2n) is 6.43. The molecule has 1 atom stereocenters. The number of thiocarbonyl (C=S) groups is 1. The standard InChI is InChI=1S/C21H26N2O2S/c1-6-25-20(24)17-9-8-14(3)19(12-17)23-21(26)22-16(5)18-10-7-13(2)11-15(18)4/h7-12,16H,6H2,1-5H3,(H2,22,23,26)/t16-/m1/s1. The number of benzene rings is 2. The Morgan fingerprint density at radius 2 is 1.85 bits per heavy atom. The van der Waals surface area contributed by atoms with Crippen LogP contribution in [0.15, 0.2) is 36.4 Å². The molecule has 0 heterocycles. The molecule has 2 aromatic carbocycles. The molecule has 4 nitrogen and oxygen atoms in total. The number of esters is 1. The van der Waals surface area contributed by atoms with Crippen LogP contribution in [0.25, 0.3) is 0 Å². The molecule has 0 aliphatic rings. The maximum absolute atomic E-state index is 11.9. The van der Waals surface area contributed by atoms with Crippen molar-refractivity contribution in [1.82, 2.24) is 5.32 Å². The lowest BCUT2D eigenvalue weighted by Crippen LogP contribution is -2.31. The Kier molecular flexibility index (Phi) is 6.75. The van der Waals surface area contributed by atoms with Gasteiger partial charge in [0.25, 0.3) is 0 Å². The summed E-state index contributed by atoms with van der Waals surface area (Å²) < 4.78 is 5.06. The van der Waals surface area contributed by atoms with Crippen LogP contribution in [0, 0.1) is 20.8 Å². The van der Waals surface area contributed by atoms with E-state index in [0.717, 1.165) is 11.3 Å². The van der Waals surface area contributed by atoms with E-state index in [4.69, 9.17) is 17.0 Å². The first-order valence-corrected chi connectivity index (χ1v) is 9.15. The van der Waals surface area contributed by atoms with Gasteiger partial charge < -0.3 is 15.4 Å². The molecule has 0 radical (unpaired) electrons. The molecule has 0 aliphatic heterocycles. The summed E-state index contributed by atoms with van der Waals surface area (Å²) in [5.74, 6) is -0.335. The molecular weight excluding hydrogens is 344 g/mol. The van der Waals surface area contributed by atoms with E-state index < -0.39 is 0 Å². The fourth-order valence-electron chi connectivity index (χ4n) is 2.84. The van der Waals surface area contributed by atoms with Crippen LogP contribution < -0.4 is 10.6 Å². The largest absolute Gasteiger partial charge is 0.462 e. The van der Waals surface area contributed by atoms with Crippen molar-refractivity contribution in [3.63, 3.8) is 0 Å². The maximum atomic E-state index is 11.9. The molecule has 0 amide bonds. The molecule has 0 bridgehead atoms. The van der Waals surface area contributed by atoms with Crippen molar-refractivity contribution in [1.29, 1.82) is 0 Å². The molecule has 0 unspecified atom stereocenters. The monoisotopic (exact) mass is 370 g/mol. The fourth-order valence-corrected chi connectivity index (χ4v) is 3.13. The van der Waals surface area contributed by atoms with Crippen molar-refractivity contribution in [3.8, 4) is 0 Å². The summed E-state index contributed by atoms with van der Waals surface area (Å²) in [6.45, 7) is 10.4. The molecule has 0 aliphatic carbocycles. The van der Waals surface area contributed by atoms with Gasteiger partial charge in [-0.25, -0.2) is 4.79 Å². The molecule has 2 aromatic rings. The van der Waals surface area contributed by atoms with Crippen LogP contribution in [0.1, 0.15) is 52.5 Å². The van der Waals surface area contributed by atoms with E-state index in [1.165, 1.54) is 16.7 Å². The van der Waals surface area contributed by atoms with Crippen molar-refractivity contribution >= 4 is 29.0 Å². The first kappa shape index (κ1) is 19.9. The lowest BCUT2D eigenvalue weighted by molar-refractivity contribution is 0.0526. The Labute approximate surface area is 161 Å². The third-order valence-electron chi connectivity index (χ3n) is 4.24. The van der Waals surface area contributed by atoms with Gasteiger partial charge in [0.15, 0.2) is 5.11 Å². The number of carbonyl (C=O) groups excluding carboxylic acids is 1. The fraction of sp³-hybridized carbons (Fsp3) is 0.333. The van der Waals surface area contributed by atoms with Gasteiger partial charge in [-0.05, 0) is 75.7 Å². The molecule has 0 spiro atoms. The lowest BCUT2D eigenvalue weighted by Gasteiger charge is -2.20. The van der Waals surface area contributed by atoms with E-state index in [1.807, 2.05) is 13.0 Å². The Bertz CT molecular complexity index is 818. The average Bonchev–Trinajstić information content (AvgIpc) is 2.56. The van der Waals surface area contributed by atoms with Crippen LogP contribution in [0.3, 0.4) is 0 Å². The van der Waals surface area contributed by atoms with Crippen molar-refractivity contribution < 1.29 is 9.53 Å². The summed E-state index contributed by atoms with van der Waals surface area (Å²) in [4.78, 5) is 11.9. The zero-order valence-electron chi connectivity index (χ0n) is 16.0. The number of aryl methyl sites for hydroxylation is 3. The van der Waals surface area contributed by atoms with Gasteiger partial charge in [-0.2, -0.15) is 0 Å². The average molecular weight is 371 g/mol.